The summed E-state index contributed by atoms with van der Waals surface area (Å²) >= 11 is 0. The van der Waals surface area contributed by atoms with Crippen molar-refractivity contribution in [2.75, 3.05) is 5.32 Å². The summed E-state index contributed by atoms with van der Waals surface area (Å²) in [4.78, 5) is 14.9. The van der Waals surface area contributed by atoms with Crippen LogP contribution in [0.5, 0.6) is 0 Å². The molecule has 1 aliphatic heterocycles. The van der Waals surface area contributed by atoms with Gasteiger partial charge < -0.3 is 15.5 Å². The van der Waals surface area contributed by atoms with Gasteiger partial charge in [-0.05, 0) is 18.6 Å². The van der Waals surface area contributed by atoms with Crippen LogP contribution in [0.3, 0.4) is 0 Å². The van der Waals surface area contributed by atoms with Gasteiger partial charge in [0.1, 0.15) is 5.82 Å². The van der Waals surface area contributed by atoms with Crippen LogP contribution in [0.25, 0.3) is 0 Å². The van der Waals surface area contributed by atoms with Crippen molar-refractivity contribution in [1.29, 1.82) is 0 Å². The summed E-state index contributed by atoms with van der Waals surface area (Å²) in [6.45, 7) is 9.76. The molecule has 0 saturated heterocycles. The van der Waals surface area contributed by atoms with Crippen LogP contribution in [0.1, 0.15) is 38.8 Å². The van der Waals surface area contributed by atoms with Crippen molar-refractivity contribution in [3.63, 3.8) is 0 Å². The zero-order valence-electron chi connectivity index (χ0n) is 10.9. The zero-order chi connectivity index (χ0) is 13.6. The number of carbonyl (C=O) groups is 1. The van der Waals surface area contributed by atoms with Gasteiger partial charge in [-0.25, -0.2) is 4.98 Å². The lowest BCUT2D eigenvalue weighted by molar-refractivity contribution is -0.180. The molecular formula is C12H20N2O3. The molecule has 5 heteroatoms. The second kappa shape index (κ2) is 6.32. The number of hydrogen-bond acceptors (Lipinski definition) is 4. The summed E-state index contributed by atoms with van der Waals surface area (Å²) in [5.41, 5.74) is 0.875. The average Bonchev–Trinajstić information content (AvgIpc) is 2.57. The van der Waals surface area contributed by atoms with Gasteiger partial charge in [-0.3, -0.25) is 4.79 Å². The molecule has 0 bridgehead atoms. The fourth-order valence-electron chi connectivity index (χ4n) is 1.25. The molecule has 2 rings (SSSR count). The number of nitrogens with zero attached hydrogens (tertiary/aromatic N) is 1. The molecule has 1 amide bonds. The van der Waals surface area contributed by atoms with Crippen molar-refractivity contribution in [3.8, 4) is 0 Å². The van der Waals surface area contributed by atoms with Gasteiger partial charge >= 0.3 is 0 Å². The molecule has 1 aromatic rings. The maximum absolute atomic E-state index is 11.0. The fourth-order valence-corrected chi connectivity index (χ4v) is 1.25. The first-order chi connectivity index (χ1) is 8.01. The molecule has 3 N–H and O–H groups in total. The Balaban J connectivity index is 0.000000581. The second-order valence-electron chi connectivity index (χ2n) is 3.04. The first-order valence-corrected chi connectivity index (χ1v) is 5.75. The lowest BCUT2D eigenvalue weighted by Gasteiger charge is -2.11. The lowest BCUT2D eigenvalue weighted by atomic mass is 10.1. The van der Waals surface area contributed by atoms with Gasteiger partial charge in [0.05, 0.1) is 5.56 Å². The number of aryl methyl sites for hydroxylation is 1. The summed E-state index contributed by atoms with van der Waals surface area (Å²) < 4.78 is 0. The number of nitrogens with one attached hydrogen (secondary N) is 1. The molecular weight excluding hydrogens is 220 g/mol. The van der Waals surface area contributed by atoms with Crippen LogP contribution in [-0.2, 0) is 10.6 Å². The Morgan fingerprint density at radius 2 is 1.76 bits per heavy atom. The molecule has 1 aromatic heterocycles. The van der Waals surface area contributed by atoms with Gasteiger partial charge in [0.25, 0.3) is 11.7 Å². The molecule has 0 aromatic carbocycles. The Morgan fingerprint density at radius 1 is 1.24 bits per heavy atom. The third kappa shape index (κ3) is 3.01. The van der Waals surface area contributed by atoms with Gasteiger partial charge in [0, 0.05) is 6.20 Å². The third-order valence-electron chi connectivity index (χ3n) is 1.95. The van der Waals surface area contributed by atoms with Crippen LogP contribution in [0.15, 0.2) is 12.3 Å². The van der Waals surface area contributed by atoms with Gasteiger partial charge in [-0.15, -0.1) is 0 Å². The van der Waals surface area contributed by atoms with Crippen LogP contribution in [0, 0.1) is 6.92 Å². The van der Waals surface area contributed by atoms with Crippen LogP contribution < -0.4 is 5.32 Å². The van der Waals surface area contributed by atoms with Crippen LogP contribution in [-0.4, -0.2) is 21.1 Å². The molecule has 0 spiro atoms. The van der Waals surface area contributed by atoms with E-state index in [4.69, 9.17) is 0 Å². The smallest absolute Gasteiger partial charge is 0.290 e. The lowest BCUT2D eigenvalue weighted by Crippen LogP contribution is -2.33. The van der Waals surface area contributed by atoms with Crippen LogP contribution >= 0.6 is 0 Å². The molecule has 96 valence electrons. The summed E-state index contributed by atoms with van der Waals surface area (Å²) in [5.74, 6) is -3.09. The van der Waals surface area contributed by atoms with E-state index < -0.39 is 11.7 Å². The zero-order valence-corrected chi connectivity index (χ0v) is 10.9. The van der Waals surface area contributed by atoms with Crippen molar-refractivity contribution in [1.82, 2.24) is 4.98 Å². The Hall–Kier alpha value is -1.46. The largest absolute Gasteiger partial charge is 0.354 e. The predicted octanol–water partition coefficient (Wildman–Crippen LogP) is 1.53. The molecule has 5 nitrogen and oxygen atoms in total. The highest BCUT2D eigenvalue weighted by Crippen LogP contribution is 2.32. The number of rotatable bonds is 0. The van der Waals surface area contributed by atoms with E-state index in [9.17, 15) is 15.0 Å². The number of fused-ring (bicyclic) bond motifs is 1. The second-order valence-corrected chi connectivity index (χ2v) is 3.04. The Bertz CT molecular complexity index is 389. The van der Waals surface area contributed by atoms with Gasteiger partial charge in [0.15, 0.2) is 0 Å². The number of amides is 1. The molecule has 0 atom stereocenters. The average molecular weight is 240 g/mol. The number of aromatic nitrogens is 1. The van der Waals surface area contributed by atoms with E-state index >= 15 is 0 Å². The molecule has 1 aliphatic rings. The van der Waals surface area contributed by atoms with Crippen LogP contribution in [0.2, 0.25) is 0 Å². The highest BCUT2D eigenvalue weighted by molar-refractivity contribution is 6.02. The normalized spacial score (nSPS) is 14.6. The van der Waals surface area contributed by atoms with E-state index in [0.717, 1.165) is 5.56 Å². The Kier molecular flexibility index (Phi) is 5.78. The summed E-state index contributed by atoms with van der Waals surface area (Å²) in [6, 6.07) is 1.51. The molecule has 0 radical (unpaired) electrons. The summed E-state index contributed by atoms with van der Waals surface area (Å²) in [6.07, 6.45) is 1.54. The topological polar surface area (TPSA) is 82.5 Å². The van der Waals surface area contributed by atoms with Crippen molar-refractivity contribution >= 4 is 11.7 Å². The Labute approximate surface area is 102 Å². The van der Waals surface area contributed by atoms with Crippen molar-refractivity contribution < 1.29 is 15.0 Å². The monoisotopic (exact) mass is 240 g/mol. The standard InChI is InChI=1S/C8H8N2O3.2C2H6/c1-4-2-5-6(9-3-4)10-7(11)8(5,12)13;2*1-2/h2-3,12-13H,1H3,(H,9,10,11);2*1-2H3. The molecule has 0 aliphatic carbocycles. The maximum atomic E-state index is 11.0. The molecule has 2 heterocycles. The number of pyridine rings is 1. The van der Waals surface area contributed by atoms with E-state index in [1.165, 1.54) is 6.07 Å². The van der Waals surface area contributed by atoms with E-state index in [1.807, 2.05) is 27.7 Å². The number of hydrogen-bond donors (Lipinski definition) is 3. The SMILES string of the molecule is CC.CC.Cc1cnc2c(c1)C(O)(O)C(=O)N2. The first-order valence-electron chi connectivity index (χ1n) is 5.75. The van der Waals surface area contributed by atoms with E-state index in [2.05, 4.69) is 10.3 Å². The quantitative estimate of drug-likeness (QED) is 0.601. The maximum Gasteiger partial charge on any atom is 0.290 e. The summed E-state index contributed by atoms with van der Waals surface area (Å²) in [5, 5.41) is 21.0. The Morgan fingerprint density at radius 3 is 2.29 bits per heavy atom. The fraction of sp³-hybridized carbons (Fsp3) is 0.500. The van der Waals surface area contributed by atoms with Gasteiger partial charge in [-0.2, -0.15) is 0 Å². The third-order valence-corrected chi connectivity index (χ3v) is 1.95. The molecule has 0 fully saturated rings. The number of aliphatic hydroxyl groups is 2. The number of anilines is 1. The van der Waals surface area contributed by atoms with Crippen molar-refractivity contribution in [3.05, 3.63) is 23.4 Å². The number of carbonyl (C=O) groups excluding carboxylic acids is 1. The van der Waals surface area contributed by atoms with E-state index in [1.54, 1.807) is 13.1 Å². The summed E-state index contributed by atoms with van der Waals surface area (Å²) in [7, 11) is 0. The first kappa shape index (κ1) is 15.5. The minimum atomic E-state index is -2.44. The minimum absolute atomic E-state index is 0.109. The van der Waals surface area contributed by atoms with E-state index in [-0.39, 0.29) is 11.4 Å². The van der Waals surface area contributed by atoms with Gasteiger partial charge in [0.2, 0.25) is 0 Å². The highest BCUT2D eigenvalue weighted by atomic mass is 16.5. The predicted molar refractivity (Wildman–Crippen MR) is 66.4 cm³/mol. The van der Waals surface area contributed by atoms with Crippen LogP contribution in [0.4, 0.5) is 5.82 Å². The minimum Gasteiger partial charge on any atom is -0.354 e. The van der Waals surface area contributed by atoms with E-state index in [0.29, 0.717) is 0 Å². The molecule has 0 saturated carbocycles. The van der Waals surface area contributed by atoms with Crippen molar-refractivity contribution in [2.45, 2.75) is 40.4 Å². The molecule has 0 unspecified atom stereocenters. The van der Waals surface area contributed by atoms with Gasteiger partial charge in [-0.1, -0.05) is 27.7 Å². The highest BCUT2D eigenvalue weighted by Gasteiger charge is 2.44. The molecule has 17 heavy (non-hydrogen) atoms. The van der Waals surface area contributed by atoms with Crippen molar-refractivity contribution in [2.24, 2.45) is 0 Å².